The van der Waals surface area contributed by atoms with E-state index in [2.05, 4.69) is 36.2 Å². The molecule has 6 heteroatoms. The van der Waals surface area contributed by atoms with Gasteiger partial charge in [-0.1, -0.05) is 41.4 Å². The van der Waals surface area contributed by atoms with Gasteiger partial charge in [-0.15, -0.1) is 11.3 Å². The van der Waals surface area contributed by atoms with Crippen molar-refractivity contribution in [1.29, 1.82) is 0 Å². The van der Waals surface area contributed by atoms with E-state index in [0.717, 1.165) is 16.1 Å². The molecule has 0 N–H and O–H groups in total. The number of methoxy groups -OCH3 is 1. The van der Waals surface area contributed by atoms with E-state index in [1.54, 1.807) is 18.2 Å². The Balaban J connectivity index is 2.08. The number of halogens is 1. The summed E-state index contributed by atoms with van der Waals surface area (Å²) in [5, 5.41) is 0.469. The molecule has 26 heavy (non-hydrogen) atoms. The van der Waals surface area contributed by atoms with Crippen molar-refractivity contribution in [2.24, 2.45) is 12.0 Å². The summed E-state index contributed by atoms with van der Waals surface area (Å²) in [5.74, 6) is 0.0782. The zero-order valence-corrected chi connectivity index (χ0v) is 16.6. The minimum absolute atomic E-state index is 0.350. The maximum Gasteiger partial charge on any atom is 0.283 e. The number of aryl methyl sites for hydroxylation is 2. The summed E-state index contributed by atoms with van der Waals surface area (Å²) < 4.78 is 7.20. The molecule has 2 aromatic carbocycles. The number of rotatable bonds is 3. The molecule has 134 valence electrons. The molecular formula is C20H19ClN2O2S. The summed E-state index contributed by atoms with van der Waals surface area (Å²) in [6.45, 7) is 4.09. The first-order chi connectivity index (χ1) is 12.4. The first-order valence-electron chi connectivity index (χ1n) is 8.06. The number of thiazole rings is 1. The van der Waals surface area contributed by atoms with Crippen molar-refractivity contribution in [3.8, 4) is 17.0 Å². The zero-order valence-electron chi connectivity index (χ0n) is 15.0. The molecule has 0 aliphatic carbocycles. The minimum Gasteiger partial charge on any atom is -0.496 e. The van der Waals surface area contributed by atoms with Gasteiger partial charge in [-0.3, -0.25) is 4.79 Å². The van der Waals surface area contributed by atoms with E-state index in [-0.39, 0.29) is 5.91 Å². The number of aromatic nitrogens is 1. The largest absolute Gasteiger partial charge is 0.496 e. The Morgan fingerprint density at radius 1 is 1.15 bits per heavy atom. The average Bonchev–Trinajstić information content (AvgIpc) is 2.89. The molecule has 3 rings (SSSR count). The van der Waals surface area contributed by atoms with Gasteiger partial charge in [0.15, 0.2) is 4.80 Å². The highest BCUT2D eigenvalue weighted by atomic mass is 35.5. The monoisotopic (exact) mass is 386 g/mol. The predicted octanol–water partition coefficient (Wildman–Crippen LogP) is 4.77. The summed E-state index contributed by atoms with van der Waals surface area (Å²) >= 11 is 7.50. The third-order valence-corrected chi connectivity index (χ3v) is 5.40. The number of carbonyl (C=O) groups is 1. The Kier molecular flexibility index (Phi) is 5.30. The molecule has 0 saturated carbocycles. The van der Waals surface area contributed by atoms with Crippen LogP contribution in [0.5, 0.6) is 5.75 Å². The van der Waals surface area contributed by atoms with Crippen LogP contribution in [0.1, 0.15) is 20.8 Å². The summed E-state index contributed by atoms with van der Waals surface area (Å²) in [6.07, 6.45) is 0. The number of ether oxygens (including phenoxy) is 1. The van der Waals surface area contributed by atoms with Crippen molar-refractivity contribution in [2.45, 2.75) is 13.8 Å². The first-order valence-corrected chi connectivity index (χ1v) is 9.26. The van der Waals surface area contributed by atoms with E-state index in [9.17, 15) is 4.79 Å². The highest BCUT2D eigenvalue weighted by molar-refractivity contribution is 7.09. The van der Waals surface area contributed by atoms with Gasteiger partial charge >= 0.3 is 0 Å². The lowest BCUT2D eigenvalue weighted by Crippen LogP contribution is -2.14. The van der Waals surface area contributed by atoms with E-state index >= 15 is 0 Å². The molecule has 0 bridgehead atoms. The van der Waals surface area contributed by atoms with Crippen molar-refractivity contribution in [2.75, 3.05) is 7.11 Å². The van der Waals surface area contributed by atoms with Crippen molar-refractivity contribution < 1.29 is 9.53 Å². The lowest BCUT2D eigenvalue weighted by molar-refractivity contribution is 0.0995. The molecule has 0 aliphatic heterocycles. The van der Waals surface area contributed by atoms with Gasteiger partial charge in [0.2, 0.25) is 0 Å². The molecule has 0 atom stereocenters. The number of amides is 1. The van der Waals surface area contributed by atoms with Crippen molar-refractivity contribution in [3.05, 3.63) is 68.3 Å². The van der Waals surface area contributed by atoms with Crippen LogP contribution in [-0.4, -0.2) is 17.6 Å². The molecule has 0 fully saturated rings. The Hall–Kier alpha value is -2.37. The molecule has 1 heterocycles. The Morgan fingerprint density at radius 3 is 2.50 bits per heavy atom. The standard InChI is InChI=1S/C20H19ClN2O2S/c1-12-5-7-14(8-6-12)18-13(2)26-20(23(18)3)22-19(24)16-11-15(21)9-10-17(16)25-4/h5-11H,1-4H3. The molecule has 4 nitrogen and oxygen atoms in total. The summed E-state index contributed by atoms with van der Waals surface area (Å²) in [7, 11) is 3.44. The van der Waals surface area contributed by atoms with E-state index in [1.165, 1.54) is 24.0 Å². The lowest BCUT2D eigenvalue weighted by Gasteiger charge is -2.06. The highest BCUT2D eigenvalue weighted by Crippen LogP contribution is 2.26. The quantitative estimate of drug-likeness (QED) is 0.650. The van der Waals surface area contributed by atoms with Crippen LogP contribution < -0.4 is 9.54 Å². The zero-order chi connectivity index (χ0) is 18.8. The maximum atomic E-state index is 12.7. The van der Waals surface area contributed by atoms with Gasteiger partial charge in [0, 0.05) is 16.9 Å². The molecule has 3 aromatic rings. The van der Waals surface area contributed by atoms with Crippen molar-refractivity contribution >= 4 is 28.8 Å². The topological polar surface area (TPSA) is 43.6 Å². The number of benzene rings is 2. The van der Waals surface area contributed by atoms with Crippen LogP contribution in [0.25, 0.3) is 11.3 Å². The molecule has 0 unspecified atom stereocenters. The van der Waals surface area contributed by atoms with Crippen molar-refractivity contribution in [1.82, 2.24) is 4.57 Å². The molecule has 0 aliphatic rings. The summed E-state index contributed by atoms with van der Waals surface area (Å²) in [6, 6.07) is 13.2. The van der Waals surface area contributed by atoms with Crippen LogP contribution in [0.4, 0.5) is 0 Å². The third-order valence-electron chi connectivity index (χ3n) is 4.11. The number of carbonyl (C=O) groups excluding carboxylic acids is 1. The van der Waals surface area contributed by atoms with Crippen LogP contribution in [0.3, 0.4) is 0 Å². The summed E-state index contributed by atoms with van der Waals surface area (Å²) in [4.78, 5) is 18.7. The molecular weight excluding hydrogens is 368 g/mol. The maximum absolute atomic E-state index is 12.7. The Labute approximate surface area is 161 Å². The van der Waals surface area contributed by atoms with E-state index in [4.69, 9.17) is 16.3 Å². The highest BCUT2D eigenvalue weighted by Gasteiger charge is 2.15. The molecule has 0 radical (unpaired) electrons. The molecule has 0 saturated heterocycles. The predicted molar refractivity (Wildman–Crippen MR) is 106 cm³/mol. The number of hydrogen-bond acceptors (Lipinski definition) is 3. The van der Waals surface area contributed by atoms with Gasteiger partial charge in [-0.05, 0) is 37.6 Å². The second kappa shape index (κ2) is 7.48. The van der Waals surface area contributed by atoms with Gasteiger partial charge in [0.05, 0.1) is 18.4 Å². The second-order valence-electron chi connectivity index (χ2n) is 5.98. The van der Waals surface area contributed by atoms with Crippen molar-refractivity contribution in [3.63, 3.8) is 0 Å². The minimum atomic E-state index is -0.378. The van der Waals surface area contributed by atoms with Gasteiger partial charge in [-0.25, -0.2) is 0 Å². The fourth-order valence-electron chi connectivity index (χ4n) is 2.79. The number of nitrogens with zero attached hydrogens (tertiary/aromatic N) is 2. The van der Waals surface area contributed by atoms with Crippen LogP contribution in [-0.2, 0) is 7.05 Å². The SMILES string of the molecule is COc1ccc(Cl)cc1C(=O)N=c1sc(C)c(-c2ccc(C)cc2)n1C. The van der Waals surface area contributed by atoms with Crippen LogP contribution in [0, 0.1) is 13.8 Å². The smallest absolute Gasteiger partial charge is 0.283 e. The normalized spacial score (nSPS) is 11.7. The fraction of sp³-hybridized carbons (Fsp3) is 0.200. The summed E-state index contributed by atoms with van der Waals surface area (Å²) in [5.41, 5.74) is 3.71. The second-order valence-corrected chi connectivity index (χ2v) is 7.59. The average molecular weight is 387 g/mol. The molecule has 1 amide bonds. The van der Waals surface area contributed by atoms with Crippen LogP contribution in [0.15, 0.2) is 47.5 Å². The fourth-order valence-corrected chi connectivity index (χ4v) is 3.94. The van der Waals surface area contributed by atoms with Gasteiger partial charge in [-0.2, -0.15) is 4.99 Å². The number of hydrogen-bond donors (Lipinski definition) is 0. The van der Waals surface area contributed by atoms with Gasteiger partial charge < -0.3 is 9.30 Å². The van der Waals surface area contributed by atoms with Gasteiger partial charge in [0.1, 0.15) is 5.75 Å². The lowest BCUT2D eigenvalue weighted by atomic mass is 10.1. The molecule has 0 spiro atoms. The van der Waals surface area contributed by atoms with E-state index in [1.807, 2.05) is 18.5 Å². The van der Waals surface area contributed by atoms with E-state index < -0.39 is 0 Å². The van der Waals surface area contributed by atoms with E-state index in [0.29, 0.717) is 21.1 Å². The van der Waals surface area contributed by atoms with Crippen LogP contribution in [0.2, 0.25) is 5.02 Å². The Bertz CT molecular complexity index is 1030. The van der Waals surface area contributed by atoms with Gasteiger partial charge in [0.25, 0.3) is 5.91 Å². The third kappa shape index (κ3) is 3.59. The Morgan fingerprint density at radius 2 is 1.85 bits per heavy atom. The first kappa shape index (κ1) is 18.4. The molecule has 1 aromatic heterocycles. The van der Waals surface area contributed by atoms with Crippen LogP contribution >= 0.6 is 22.9 Å².